The van der Waals surface area contributed by atoms with Gasteiger partial charge in [-0.3, -0.25) is 4.68 Å². The van der Waals surface area contributed by atoms with Crippen molar-refractivity contribution in [2.24, 2.45) is 0 Å². The van der Waals surface area contributed by atoms with E-state index in [-0.39, 0.29) is 17.6 Å². The van der Waals surface area contributed by atoms with Gasteiger partial charge in [-0.25, -0.2) is 13.4 Å². The average molecular weight is 335 g/mol. The van der Waals surface area contributed by atoms with E-state index in [9.17, 15) is 8.42 Å². The van der Waals surface area contributed by atoms with Gasteiger partial charge in [-0.2, -0.15) is 10.1 Å². The maximum absolute atomic E-state index is 11.0. The van der Waals surface area contributed by atoms with Crippen LogP contribution in [0.1, 0.15) is 0 Å². The fourth-order valence-corrected chi connectivity index (χ4v) is 2.30. The molecule has 0 saturated carbocycles. The Morgan fingerprint density at radius 2 is 2.10 bits per heavy atom. The summed E-state index contributed by atoms with van der Waals surface area (Å²) in [6.45, 7) is 0.893. The van der Waals surface area contributed by atoms with E-state index in [1.54, 1.807) is 10.9 Å². The zero-order valence-corrected chi connectivity index (χ0v) is 13.2. The molecule has 21 heavy (non-hydrogen) atoms. The largest absolute Gasteiger partial charge is 0.479 e. The summed E-state index contributed by atoms with van der Waals surface area (Å²) in [6, 6.07) is 0. The van der Waals surface area contributed by atoms with Crippen molar-refractivity contribution in [1.82, 2.24) is 19.7 Å². The zero-order valence-electron chi connectivity index (χ0n) is 11.6. The van der Waals surface area contributed by atoms with Crippen molar-refractivity contribution in [3.05, 3.63) is 11.5 Å². The summed E-state index contributed by atoms with van der Waals surface area (Å²) in [5.74, 6) is 0.327. The second-order valence-electron chi connectivity index (χ2n) is 4.35. The predicted octanol–water partition coefficient (Wildman–Crippen LogP) is 0.549. The molecule has 2 aromatic rings. The van der Waals surface area contributed by atoms with Crippen LogP contribution in [0.15, 0.2) is 6.20 Å². The molecule has 2 rings (SSSR count). The molecule has 2 aromatic heterocycles. The van der Waals surface area contributed by atoms with Crippen LogP contribution in [-0.4, -0.2) is 60.5 Å². The third kappa shape index (κ3) is 4.26. The van der Waals surface area contributed by atoms with E-state index in [2.05, 4.69) is 15.1 Å². The highest BCUT2D eigenvalue weighted by Crippen LogP contribution is 2.23. The summed E-state index contributed by atoms with van der Waals surface area (Å²) >= 11 is 5.78. The summed E-state index contributed by atoms with van der Waals surface area (Å²) in [6.07, 6.45) is 2.73. The molecule has 0 amide bonds. The van der Waals surface area contributed by atoms with Gasteiger partial charge >= 0.3 is 0 Å². The van der Waals surface area contributed by atoms with Crippen LogP contribution < -0.4 is 4.74 Å². The Hall–Kier alpha value is -1.45. The molecule has 0 bridgehead atoms. The summed E-state index contributed by atoms with van der Waals surface area (Å²) in [7, 11) is -1.53. The Morgan fingerprint density at radius 1 is 1.33 bits per heavy atom. The van der Waals surface area contributed by atoms with E-state index in [0.717, 1.165) is 0 Å². The van der Waals surface area contributed by atoms with Crippen LogP contribution in [0.5, 0.6) is 5.88 Å². The highest BCUT2D eigenvalue weighted by molar-refractivity contribution is 7.90. The topological polar surface area (TPSA) is 96.2 Å². The highest BCUT2D eigenvalue weighted by atomic mass is 35.5. The molecule has 0 radical (unpaired) electrons. The first-order valence-electron chi connectivity index (χ1n) is 6.09. The first kappa shape index (κ1) is 15.9. The molecule has 0 aliphatic rings. The minimum absolute atomic E-state index is 0.00506. The molecule has 0 aliphatic heterocycles. The quantitative estimate of drug-likeness (QED) is 0.539. The van der Waals surface area contributed by atoms with Crippen molar-refractivity contribution in [2.75, 3.05) is 32.3 Å². The Balaban J connectivity index is 2.03. The van der Waals surface area contributed by atoms with E-state index in [0.29, 0.717) is 30.1 Å². The van der Waals surface area contributed by atoms with E-state index in [1.807, 2.05) is 0 Å². The number of halogens is 1. The number of ether oxygens (including phenoxy) is 2. The minimum atomic E-state index is -3.01. The molecule has 0 saturated heterocycles. The summed E-state index contributed by atoms with van der Waals surface area (Å²) in [5.41, 5.74) is 1.19. The molecule has 0 atom stereocenters. The van der Waals surface area contributed by atoms with Gasteiger partial charge in [-0.15, -0.1) is 0 Å². The number of hydrogen-bond donors (Lipinski definition) is 0. The normalized spacial score (nSPS) is 12.0. The van der Waals surface area contributed by atoms with Crippen LogP contribution in [0.4, 0.5) is 0 Å². The number of aromatic nitrogens is 4. The van der Waals surface area contributed by atoms with Crippen LogP contribution in [0.3, 0.4) is 0 Å². The summed E-state index contributed by atoms with van der Waals surface area (Å²) < 4.78 is 34.0. The van der Waals surface area contributed by atoms with Crippen molar-refractivity contribution in [3.8, 4) is 5.88 Å². The number of sulfone groups is 1. The molecular formula is C11H15ClN4O4S. The number of methoxy groups -OCH3 is 1. The number of rotatable bonds is 7. The van der Waals surface area contributed by atoms with Crippen molar-refractivity contribution in [3.63, 3.8) is 0 Å². The first-order chi connectivity index (χ1) is 9.90. The first-order valence-corrected chi connectivity index (χ1v) is 8.53. The molecular weight excluding hydrogens is 320 g/mol. The van der Waals surface area contributed by atoms with Gasteiger partial charge in [0.15, 0.2) is 0 Å². The van der Waals surface area contributed by atoms with Crippen molar-refractivity contribution < 1.29 is 17.9 Å². The van der Waals surface area contributed by atoms with Gasteiger partial charge in [-0.05, 0) is 11.6 Å². The van der Waals surface area contributed by atoms with E-state index < -0.39 is 9.84 Å². The Labute approximate surface area is 127 Å². The maximum atomic E-state index is 11.0. The van der Waals surface area contributed by atoms with Gasteiger partial charge in [0.2, 0.25) is 11.2 Å². The van der Waals surface area contributed by atoms with Crippen LogP contribution in [0, 0.1) is 0 Å². The molecule has 8 nitrogen and oxygen atoms in total. The van der Waals surface area contributed by atoms with Crippen molar-refractivity contribution >= 4 is 32.5 Å². The fourth-order valence-electron chi connectivity index (χ4n) is 1.71. The molecule has 116 valence electrons. The second kappa shape index (κ2) is 6.54. The van der Waals surface area contributed by atoms with E-state index >= 15 is 0 Å². The predicted molar refractivity (Wildman–Crippen MR) is 77.4 cm³/mol. The lowest BCUT2D eigenvalue weighted by molar-refractivity contribution is 0.138. The molecule has 0 fully saturated rings. The Bertz CT molecular complexity index is 731. The molecule has 0 N–H and O–H groups in total. The molecule has 2 heterocycles. The maximum Gasteiger partial charge on any atom is 0.244 e. The van der Waals surface area contributed by atoms with E-state index in [1.165, 1.54) is 13.4 Å². The van der Waals surface area contributed by atoms with Gasteiger partial charge in [0.05, 0.1) is 38.8 Å². The van der Waals surface area contributed by atoms with Crippen LogP contribution in [0.25, 0.3) is 11.0 Å². The molecule has 0 aromatic carbocycles. The molecule has 0 unspecified atom stereocenters. The summed E-state index contributed by atoms with van der Waals surface area (Å²) in [5, 5.41) is 4.26. The molecule has 0 spiro atoms. The standard InChI is InChI=1S/C11H15ClN4O4S/c1-19-10-9-8(14-11(12)15-10)7-13-16(9)3-4-20-5-6-21(2,17)18/h7H,3-6H2,1-2H3. The van der Waals surface area contributed by atoms with Crippen molar-refractivity contribution in [1.29, 1.82) is 0 Å². The Kier molecular flexibility index (Phi) is 4.96. The van der Waals surface area contributed by atoms with Gasteiger partial charge < -0.3 is 9.47 Å². The monoisotopic (exact) mass is 334 g/mol. The SMILES string of the molecule is COc1nc(Cl)nc2cnn(CCOCCS(C)(=O)=O)c12. The van der Waals surface area contributed by atoms with Gasteiger partial charge in [0.25, 0.3) is 0 Å². The average Bonchev–Trinajstić information content (AvgIpc) is 2.79. The summed E-state index contributed by atoms with van der Waals surface area (Å²) in [4.78, 5) is 8.03. The zero-order chi connectivity index (χ0) is 15.5. The van der Waals surface area contributed by atoms with Crippen LogP contribution >= 0.6 is 11.6 Å². The third-order valence-corrected chi connectivity index (χ3v) is 3.75. The third-order valence-electron chi connectivity index (χ3n) is 2.67. The van der Waals surface area contributed by atoms with Gasteiger partial charge in [0.1, 0.15) is 20.9 Å². The lowest BCUT2D eigenvalue weighted by atomic mass is 10.4. The smallest absolute Gasteiger partial charge is 0.244 e. The van der Waals surface area contributed by atoms with Crippen LogP contribution in [0.2, 0.25) is 5.28 Å². The van der Waals surface area contributed by atoms with Crippen LogP contribution in [-0.2, 0) is 21.1 Å². The second-order valence-corrected chi connectivity index (χ2v) is 6.94. The fraction of sp³-hybridized carbons (Fsp3) is 0.545. The Morgan fingerprint density at radius 3 is 2.76 bits per heavy atom. The lowest BCUT2D eigenvalue weighted by Crippen LogP contribution is -2.14. The van der Waals surface area contributed by atoms with E-state index in [4.69, 9.17) is 21.1 Å². The lowest BCUT2D eigenvalue weighted by Gasteiger charge is -2.07. The molecule has 0 aliphatic carbocycles. The number of nitrogens with zero attached hydrogens (tertiary/aromatic N) is 4. The highest BCUT2D eigenvalue weighted by Gasteiger charge is 2.13. The number of hydrogen-bond acceptors (Lipinski definition) is 7. The van der Waals surface area contributed by atoms with Gasteiger partial charge in [0, 0.05) is 6.26 Å². The molecule has 10 heteroatoms. The number of fused-ring (bicyclic) bond motifs is 1. The van der Waals surface area contributed by atoms with Crippen molar-refractivity contribution in [2.45, 2.75) is 6.54 Å². The minimum Gasteiger partial charge on any atom is -0.479 e. The van der Waals surface area contributed by atoms with Gasteiger partial charge in [-0.1, -0.05) is 0 Å².